The van der Waals surface area contributed by atoms with Crippen molar-refractivity contribution in [3.05, 3.63) is 0 Å². The van der Waals surface area contributed by atoms with E-state index in [1.54, 1.807) is 0 Å². The zero-order chi connectivity index (χ0) is 13.4. The van der Waals surface area contributed by atoms with E-state index in [4.69, 9.17) is 4.74 Å². The Labute approximate surface area is 110 Å². The maximum atomic E-state index is 11.4. The molecule has 2 N–H and O–H groups in total. The Hall–Kier alpha value is -0.650. The third-order valence-electron chi connectivity index (χ3n) is 2.93. The number of amides is 1. The molecule has 1 fully saturated rings. The molecule has 1 unspecified atom stereocenters. The van der Waals surface area contributed by atoms with Gasteiger partial charge in [-0.05, 0) is 20.8 Å². The minimum Gasteiger partial charge on any atom is -0.379 e. The molecule has 0 aromatic carbocycles. The Morgan fingerprint density at radius 2 is 1.94 bits per heavy atom. The van der Waals surface area contributed by atoms with Gasteiger partial charge < -0.3 is 15.4 Å². The third kappa shape index (κ3) is 6.93. The molecule has 0 saturated carbocycles. The van der Waals surface area contributed by atoms with Gasteiger partial charge in [0.15, 0.2) is 0 Å². The van der Waals surface area contributed by atoms with Crippen LogP contribution in [0, 0.1) is 0 Å². The highest BCUT2D eigenvalue weighted by Gasteiger charge is 2.13. The van der Waals surface area contributed by atoms with Crippen LogP contribution in [0.1, 0.15) is 27.2 Å². The lowest BCUT2D eigenvalue weighted by Gasteiger charge is -2.29. The lowest BCUT2D eigenvalue weighted by molar-refractivity contribution is -0.121. The predicted molar refractivity (Wildman–Crippen MR) is 72.6 cm³/mol. The monoisotopic (exact) mass is 257 g/mol. The first kappa shape index (κ1) is 15.4. The highest BCUT2D eigenvalue weighted by Crippen LogP contribution is 1.98. The van der Waals surface area contributed by atoms with E-state index in [1.165, 1.54) is 0 Å². The van der Waals surface area contributed by atoms with E-state index in [-0.39, 0.29) is 11.9 Å². The molecule has 1 heterocycles. The Morgan fingerprint density at radius 3 is 2.56 bits per heavy atom. The lowest BCUT2D eigenvalue weighted by atomic mass is 10.2. The van der Waals surface area contributed by atoms with E-state index in [2.05, 4.69) is 22.5 Å². The zero-order valence-electron chi connectivity index (χ0n) is 11.9. The quantitative estimate of drug-likeness (QED) is 0.685. The summed E-state index contributed by atoms with van der Waals surface area (Å²) in [6.45, 7) is 11.6. The smallest absolute Gasteiger partial charge is 0.221 e. The molecule has 5 nitrogen and oxygen atoms in total. The molecule has 18 heavy (non-hydrogen) atoms. The van der Waals surface area contributed by atoms with Crippen LogP contribution in [0.15, 0.2) is 0 Å². The molecular weight excluding hydrogens is 230 g/mol. The number of carbonyl (C=O) groups excluding carboxylic acids is 1. The number of morpholine rings is 1. The molecule has 0 bridgehead atoms. The summed E-state index contributed by atoms with van der Waals surface area (Å²) in [5, 5.41) is 6.28. The van der Waals surface area contributed by atoms with Gasteiger partial charge in [-0.3, -0.25) is 9.69 Å². The number of nitrogens with zero attached hydrogens (tertiary/aromatic N) is 1. The van der Waals surface area contributed by atoms with Gasteiger partial charge >= 0.3 is 0 Å². The first-order chi connectivity index (χ1) is 8.58. The third-order valence-corrected chi connectivity index (χ3v) is 2.93. The molecule has 106 valence electrons. The summed E-state index contributed by atoms with van der Waals surface area (Å²) in [6, 6.07) is 0.637. The Morgan fingerprint density at radius 1 is 1.28 bits per heavy atom. The maximum absolute atomic E-state index is 11.4. The van der Waals surface area contributed by atoms with Crippen LogP contribution in [0.3, 0.4) is 0 Å². The van der Waals surface area contributed by atoms with Gasteiger partial charge in [-0.25, -0.2) is 0 Å². The molecule has 1 rings (SSSR count). The van der Waals surface area contributed by atoms with E-state index in [0.717, 1.165) is 39.4 Å². The molecular formula is C13H27N3O2. The minimum atomic E-state index is 0.121. The second-order valence-corrected chi connectivity index (χ2v) is 5.24. The number of carbonyl (C=O) groups is 1. The zero-order valence-corrected chi connectivity index (χ0v) is 11.9. The van der Waals surface area contributed by atoms with E-state index in [1.807, 2.05) is 13.8 Å². The molecule has 0 aromatic rings. The van der Waals surface area contributed by atoms with Crippen molar-refractivity contribution in [3.63, 3.8) is 0 Å². The van der Waals surface area contributed by atoms with Gasteiger partial charge in [0, 0.05) is 44.7 Å². The summed E-state index contributed by atoms with van der Waals surface area (Å²) < 4.78 is 5.32. The fourth-order valence-electron chi connectivity index (χ4n) is 2.06. The highest BCUT2D eigenvalue weighted by atomic mass is 16.5. The molecule has 1 saturated heterocycles. The number of rotatable bonds is 7. The van der Waals surface area contributed by atoms with Crippen LogP contribution < -0.4 is 10.6 Å². The van der Waals surface area contributed by atoms with E-state index in [0.29, 0.717) is 12.5 Å². The van der Waals surface area contributed by atoms with Crippen LogP contribution in [0.4, 0.5) is 0 Å². The van der Waals surface area contributed by atoms with Crippen LogP contribution >= 0.6 is 0 Å². The molecule has 0 radical (unpaired) electrons. The van der Waals surface area contributed by atoms with E-state index >= 15 is 0 Å². The average Bonchev–Trinajstić information content (AvgIpc) is 2.29. The van der Waals surface area contributed by atoms with Crippen molar-refractivity contribution in [1.82, 2.24) is 15.5 Å². The number of nitrogens with one attached hydrogen (secondary N) is 2. The second-order valence-electron chi connectivity index (χ2n) is 5.24. The van der Waals surface area contributed by atoms with Crippen LogP contribution in [0.5, 0.6) is 0 Å². The minimum absolute atomic E-state index is 0.121. The number of hydrogen-bond acceptors (Lipinski definition) is 4. The summed E-state index contributed by atoms with van der Waals surface area (Å²) in [5.74, 6) is 0.121. The largest absolute Gasteiger partial charge is 0.379 e. The molecule has 1 aliphatic rings. The first-order valence-electron chi connectivity index (χ1n) is 6.90. The summed E-state index contributed by atoms with van der Waals surface area (Å²) in [4.78, 5) is 13.8. The van der Waals surface area contributed by atoms with Crippen LogP contribution in [-0.4, -0.2) is 62.3 Å². The van der Waals surface area contributed by atoms with Crippen molar-refractivity contribution >= 4 is 5.91 Å². The van der Waals surface area contributed by atoms with Gasteiger partial charge in [-0.15, -0.1) is 0 Å². The van der Waals surface area contributed by atoms with Crippen molar-refractivity contribution in [2.45, 2.75) is 39.3 Å². The predicted octanol–water partition coefficient (Wildman–Crippen LogP) is 0.211. The normalized spacial score (nSPS) is 18.9. The van der Waals surface area contributed by atoms with Crippen LogP contribution in [0.2, 0.25) is 0 Å². The van der Waals surface area contributed by atoms with Crippen molar-refractivity contribution in [2.75, 3.05) is 39.4 Å². The van der Waals surface area contributed by atoms with Gasteiger partial charge in [0.2, 0.25) is 5.91 Å². The molecule has 1 aliphatic heterocycles. The van der Waals surface area contributed by atoms with E-state index in [9.17, 15) is 4.79 Å². The van der Waals surface area contributed by atoms with Gasteiger partial charge in [-0.1, -0.05) is 0 Å². The molecule has 5 heteroatoms. The van der Waals surface area contributed by atoms with Gasteiger partial charge in [0.25, 0.3) is 0 Å². The van der Waals surface area contributed by atoms with E-state index < -0.39 is 0 Å². The molecule has 0 aromatic heterocycles. The SMILES string of the molecule is CC(C)NC(=O)CCNC(C)CN1CCOCC1. The molecule has 1 amide bonds. The van der Waals surface area contributed by atoms with Crippen molar-refractivity contribution < 1.29 is 9.53 Å². The first-order valence-corrected chi connectivity index (χ1v) is 6.90. The summed E-state index contributed by atoms with van der Waals surface area (Å²) in [7, 11) is 0. The second kappa shape index (κ2) is 8.45. The summed E-state index contributed by atoms with van der Waals surface area (Å²) in [5.41, 5.74) is 0. The average molecular weight is 257 g/mol. The molecule has 0 aliphatic carbocycles. The number of ether oxygens (including phenoxy) is 1. The van der Waals surface area contributed by atoms with Gasteiger partial charge in [0.1, 0.15) is 0 Å². The summed E-state index contributed by atoms with van der Waals surface area (Å²) >= 11 is 0. The molecule has 0 spiro atoms. The Bertz CT molecular complexity index is 240. The Kier molecular flexibility index (Phi) is 7.23. The van der Waals surface area contributed by atoms with Gasteiger partial charge in [-0.2, -0.15) is 0 Å². The lowest BCUT2D eigenvalue weighted by Crippen LogP contribution is -2.45. The van der Waals surface area contributed by atoms with Crippen molar-refractivity contribution in [3.8, 4) is 0 Å². The fourth-order valence-corrected chi connectivity index (χ4v) is 2.06. The van der Waals surface area contributed by atoms with Crippen LogP contribution in [-0.2, 0) is 9.53 Å². The van der Waals surface area contributed by atoms with Crippen molar-refractivity contribution in [1.29, 1.82) is 0 Å². The molecule has 1 atom stereocenters. The maximum Gasteiger partial charge on any atom is 0.221 e. The Balaban J connectivity index is 2.05. The standard InChI is InChI=1S/C13H27N3O2/c1-11(2)15-13(17)4-5-14-12(3)10-16-6-8-18-9-7-16/h11-12,14H,4-10H2,1-3H3,(H,15,17). The number of hydrogen-bond donors (Lipinski definition) is 2. The van der Waals surface area contributed by atoms with Gasteiger partial charge in [0.05, 0.1) is 13.2 Å². The summed E-state index contributed by atoms with van der Waals surface area (Å²) in [6.07, 6.45) is 0.547. The fraction of sp³-hybridized carbons (Fsp3) is 0.923. The van der Waals surface area contributed by atoms with Crippen LogP contribution in [0.25, 0.3) is 0 Å². The van der Waals surface area contributed by atoms with Crippen molar-refractivity contribution in [2.24, 2.45) is 0 Å². The topological polar surface area (TPSA) is 53.6 Å². The highest BCUT2D eigenvalue weighted by molar-refractivity contribution is 5.76.